The summed E-state index contributed by atoms with van der Waals surface area (Å²) in [5, 5.41) is 0. The zero-order valence-electron chi connectivity index (χ0n) is 7.75. The Kier molecular flexibility index (Phi) is 3.97. The van der Waals surface area contributed by atoms with Gasteiger partial charge in [-0.1, -0.05) is 22.0 Å². The van der Waals surface area contributed by atoms with Crippen LogP contribution in [-0.2, 0) is 10.0 Å². The Labute approximate surface area is 98.8 Å². The zero-order valence-corrected chi connectivity index (χ0v) is 10.2. The molecule has 0 atom stereocenters. The van der Waals surface area contributed by atoms with Crippen molar-refractivity contribution in [3.05, 3.63) is 28.7 Å². The first-order chi connectivity index (χ1) is 7.21. The molecule has 0 aliphatic heterocycles. The van der Waals surface area contributed by atoms with E-state index in [2.05, 4.69) is 15.9 Å². The molecule has 90 valence electrons. The van der Waals surface area contributed by atoms with Crippen LogP contribution >= 0.6 is 15.9 Å². The molecule has 3 nitrogen and oxygen atoms in total. The van der Waals surface area contributed by atoms with Gasteiger partial charge in [-0.05, 0) is 18.2 Å². The first-order valence-electron chi connectivity index (χ1n) is 4.03. The summed E-state index contributed by atoms with van der Waals surface area (Å²) in [5.41, 5.74) is 0. The third-order valence-electron chi connectivity index (χ3n) is 1.57. The van der Waals surface area contributed by atoms with E-state index in [0.29, 0.717) is 4.47 Å². The monoisotopic (exact) mass is 317 g/mol. The highest BCUT2D eigenvalue weighted by Gasteiger charge is 2.29. The lowest BCUT2D eigenvalue weighted by Gasteiger charge is -2.09. The van der Waals surface area contributed by atoms with Crippen LogP contribution in [0.2, 0.25) is 0 Å². The number of hydrogen-bond acceptors (Lipinski definition) is 2. The van der Waals surface area contributed by atoms with Crippen LogP contribution in [0, 0.1) is 0 Å². The number of sulfonamides is 1. The van der Waals surface area contributed by atoms with Gasteiger partial charge in [0.05, 0.1) is 4.90 Å². The maximum absolute atomic E-state index is 11.8. The van der Waals surface area contributed by atoms with Crippen LogP contribution in [0.15, 0.2) is 33.6 Å². The minimum atomic E-state index is -4.57. The third kappa shape index (κ3) is 4.11. The standard InChI is InChI=1S/C8H7BrF3NO2S/c9-6-2-1-3-7(4-6)16(14,15)13-5-8(10,11)12/h1-4,13H,5H2. The molecule has 8 heteroatoms. The number of alkyl halides is 3. The molecule has 16 heavy (non-hydrogen) atoms. The molecule has 0 amide bonds. The molecule has 0 saturated heterocycles. The molecule has 0 fully saturated rings. The van der Waals surface area contributed by atoms with Crippen molar-refractivity contribution in [1.82, 2.24) is 4.72 Å². The van der Waals surface area contributed by atoms with Gasteiger partial charge in [0.1, 0.15) is 6.54 Å². The van der Waals surface area contributed by atoms with E-state index in [4.69, 9.17) is 0 Å². The molecule has 1 N–H and O–H groups in total. The van der Waals surface area contributed by atoms with Gasteiger partial charge in [0, 0.05) is 4.47 Å². The van der Waals surface area contributed by atoms with Crippen molar-refractivity contribution < 1.29 is 21.6 Å². The number of rotatable bonds is 3. The van der Waals surface area contributed by atoms with E-state index in [1.165, 1.54) is 22.9 Å². The molecule has 1 aromatic carbocycles. The molecule has 0 bridgehead atoms. The zero-order chi connectivity index (χ0) is 12.4. The minimum Gasteiger partial charge on any atom is -0.207 e. The molecular formula is C8H7BrF3NO2S. The van der Waals surface area contributed by atoms with Gasteiger partial charge in [0.15, 0.2) is 0 Å². The molecule has 0 radical (unpaired) electrons. The first-order valence-corrected chi connectivity index (χ1v) is 6.30. The quantitative estimate of drug-likeness (QED) is 0.929. The Balaban J connectivity index is 2.87. The van der Waals surface area contributed by atoms with E-state index < -0.39 is 22.7 Å². The Morgan fingerprint density at radius 1 is 1.31 bits per heavy atom. The second-order valence-corrected chi connectivity index (χ2v) is 5.58. The van der Waals surface area contributed by atoms with Gasteiger partial charge >= 0.3 is 6.18 Å². The lowest BCUT2D eigenvalue weighted by molar-refractivity contribution is -0.121. The molecule has 0 saturated carbocycles. The van der Waals surface area contributed by atoms with E-state index in [1.807, 2.05) is 0 Å². The van der Waals surface area contributed by atoms with Crippen LogP contribution in [0.25, 0.3) is 0 Å². The van der Waals surface area contributed by atoms with Gasteiger partial charge in [-0.25, -0.2) is 13.1 Å². The lowest BCUT2D eigenvalue weighted by atomic mass is 10.4. The highest BCUT2D eigenvalue weighted by molar-refractivity contribution is 9.10. The van der Waals surface area contributed by atoms with Crippen molar-refractivity contribution in [3.8, 4) is 0 Å². The summed E-state index contributed by atoms with van der Waals surface area (Å²) in [7, 11) is -4.12. The molecule has 0 aromatic heterocycles. The van der Waals surface area contributed by atoms with Crippen molar-refractivity contribution in [2.75, 3.05) is 6.54 Å². The fourth-order valence-corrected chi connectivity index (χ4v) is 2.51. The van der Waals surface area contributed by atoms with E-state index in [0.717, 1.165) is 0 Å². The Hall–Kier alpha value is -0.600. The lowest BCUT2D eigenvalue weighted by Crippen LogP contribution is -2.33. The summed E-state index contributed by atoms with van der Waals surface area (Å²) >= 11 is 3.03. The summed E-state index contributed by atoms with van der Waals surface area (Å²) in [5.74, 6) is 0. The van der Waals surface area contributed by atoms with Crippen LogP contribution in [-0.4, -0.2) is 21.1 Å². The molecule has 1 aromatic rings. The van der Waals surface area contributed by atoms with Crippen molar-refractivity contribution in [2.45, 2.75) is 11.1 Å². The van der Waals surface area contributed by atoms with E-state index in [9.17, 15) is 21.6 Å². The van der Waals surface area contributed by atoms with Gasteiger partial charge in [-0.3, -0.25) is 0 Å². The fraction of sp³-hybridized carbons (Fsp3) is 0.250. The summed E-state index contributed by atoms with van der Waals surface area (Å²) < 4.78 is 60.3. The van der Waals surface area contributed by atoms with Crippen LogP contribution in [0.1, 0.15) is 0 Å². The van der Waals surface area contributed by atoms with E-state index in [1.54, 1.807) is 6.07 Å². The topological polar surface area (TPSA) is 46.2 Å². The van der Waals surface area contributed by atoms with Crippen molar-refractivity contribution in [1.29, 1.82) is 0 Å². The predicted molar refractivity (Wildman–Crippen MR) is 55.4 cm³/mol. The van der Waals surface area contributed by atoms with Gasteiger partial charge in [0.2, 0.25) is 10.0 Å². The number of halogens is 4. The maximum Gasteiger partial charge on any atom is 0.402 e. The van der Waals surface area contributed by atoms with Gasteiger partial charge in [0.25, 0.3) is 0 Å². The van der Waals surface area contributed by atoms with Crippen molar-refractivity contribution >= 4 is 26.0 Å². The average molecular weight is 318 g/mol. The minimum absolute atomic E-state index is 0.217. The van der Waals surface area contributed by atoms with Crippen molar-refractivity contribution in [2.24, 2.45) is 0 Å². The summed E-state index contributed by atoms with van der Waals surface area (Å²) in [6.07, 6.45) is -4.57. The summed E-state index contributed by atoms with van der Waals surface area (Å²) in [4.78, 5) is -0.217. The number of nitrogens with one attached hydrogen (secondary N) is 1. The highest BCUT2D eigenvalue weighted by atomic mass is 79.9. The average Bonchev–Trinajstić information content (AvgIpc) is 2.14. The Morgan fingerprint density at radius 3 is 2.44 bits per heavy atom. The Morgan fingerprint density at radius 2 is 1.94 bits per heavy atom. The number of hydrogen-bond donors (Lipinski definition) is 1. The summed E-state index contributed by atoms with van der Waals surface area (Å²) in [6, 6.07) is 5.43. The fourth-order valence-electron chi connectivity index (χ4n) is 0.894. The molecule has 0 heterocycles. The number of benzene rings is 1. The molecule has 1 rings (SSSR count). The van der Waals surface area contributed by atoms with E-state index in [-0.39, 0.29) is 4.90 Å². The normalized spacial score (nSPS) is 12.8. The molecular weight excluding hydrogens is 311 g/mol. The van der Waals surface area contributed by atoms with Crippen LogP contribution in [0.5, 0.6) is 0 Å². The SMILES string of the molecule is O=S(=O)(NCC(F)(F)F)c1cccc(Br)c1. The van der Waals surface area contributed by atoms with E-state index >= 15 is 0 Å². The van der Waals surface area contributed by atoms with Crippen LogP contribution in [0.3, 0.4) is 0 Å². The smallest absolute Gasteiger partial charge is 0.207 e. The maximum atomic E-state index is 11.8. The largest absolute Gasteiger partial charge is 0.402 e. The second kappa shape index (κ2) is 4.72. The second-order valence-electron chi connectivity index (χ2n) is 2.90. The van der Waals surface area contributed by atoms with Gasteiger partial charge in [-0.2, -0.15) is 13.2 Å². The molecule has 0 aliphatic carbocycles. The molecule has 0 unspecified atom stereocenters. The van der Waals surface area contributed by atoms with Gasteiger partial charge < -0.3 is 0 Å². The highest BCUT2D eigenvalue weighted by Crippen LogP contribution is 2.18. The van der Waals surface area contributed by atoms with Crippen LogP contribution in [0.4, 0.5) is 13.2 Å². The molecule has 0 spiro atoms. The van der Waals surface area contributed by atoms with Crippen LogP contribution < -0.4 is 4.72 Å². The first kappa shape index (κ1) is 13.5. The Bertz CT molecular complexity index is 472. The van der Waals surface area contributed by atoms with Crippen molar-refractivity contribution in [3.63, 3.8) is 0 Å². The summed E-state index contributed by atoms with van der Waals surface area (Å²) in [6.45, 7) is -1.58. The predicted octanol–water partition coefficient (Wildman–Crippen LogP) is 2.29. The molecule has 0 aliphatic rings. The third-order valence-corrected chi connectivity index (χ3v) is 3.46. The van der Waals surface area contributed by atoms with Gasteiger partial charge in [-0.15, -0.1) is 0 Å².